The van der Waals surface area contributed by atoms with Crippen molar-refractivity contribution in [1.29, 1.82) is 0 Å². The van der Waals surface area contributed by atoms with Crippen LogP contribution in [-0.2, 0) is 30.8 Å². The molecule has 0 aliphatic carbocycles. The third-order valence-electron chi connectivity index (χ3n) is 7.73. The second kappa shape index (κ2) is 13.8. The minimum absolute atomic E-state index is 0.0771. The van der Waals surface area contributed by atoms with Gasteiger partial charge in [0.05, 0.1) is 18.1 Å². The summed E-state index contributed by atoms with van der Waals surface area (Å²) in [5, 5.41) is 17.3. The topological polar surface area (TPSA) is 64.6 Å². The van der Waals surface area contributed by atoms with Gasteiger partial charge in [-0.05, 0) is 100 Å². The lowest BCUT2D eigenvalue weighted by atomic mass is 9.96. The number of nitrogens with one attached hydrogen (secondary N) is 2. The Morgan fingerprint density at radius 3 is 2.21 bits per heavy atom. The molecular weight excluding hydrogens is 647 g/mol. The molecule has 0 spiro atoms. The van der Waals surface area contributed by atoms with E-state index in [4.69, 9.17) is 0 Å². The minimum atomic E-state index is -0.991. The van der Waals surface area contributed by atoms with Crippen molar-refractivity contribution in [2.45, 2.75) is 51.0 Å². The molecule has 0 bridgehead atoms. The van der Waals surface area contributed by atoms with Crippen LogP contribution >= 0.6 is 22.6 Å². The number of hydrogen-bond acceptors (Lipinski definition) is 4. The molecule has 3 atom stereocenters. The highest BCUT2D eigenvalue weighted by molar-refractivity contribution is 14.1. The molecule has 3 unspecified atom stereocenters. The number of carbonyl (C=O) groups is 1. The molecule has 1 amide bonds. The highest BCUT2D eigenvalue weighted by Gasteiger charge is 2.26. The second-order valence-corrected chi connectivity index (χ2v) is 12.1. The molecule has 8 heteroatoms. The van der Waals surface area contributed by atoms with Crippen molar-refractivity contribution in [1.82, 2.24) is 10.6 Å². The van der Waals surface area contributed by atoms with E-state index in [2.05, 4.69) is 62.4 Å². The molecule has 0 fully saturated rings. The Balaban J connectivity index is 1.24. The van der Waals surface area contributed by atoms with Crippen LogP contribution < -0.4 is 15.5 Å². The number of carbonyl (C=O) groups excluding carboxylic acids is 1. The number of halogens is 3. The predicted octanol–water partition coefficient (Wildman–Crippen LogP) is 6.07. The van der Waals surface area contributed by atoms with Crippen LogP contribution in [0, 0.1) is 15.2 Å². The van der Waals surface area contributed by atoms with Gasteiger partial charge in [0.1, 0.15) is 11.6 Å². The normalized spacial score (nSPS) is 14.7. The number of benzene rings is 4. The molecule has 0 radical (unpaired) electrons. The van der Waals surface area contributed by atoms with Gasteiger partial charge in [-0.1, -0.05) is 48.5 Å². The van der Waals surface area contributed by atoms with Crippen molar-refractivity contribution < 1.29 is 18.7 Å². The van der Waals surface area contributed by atoms with Crippen molar-refractivity contribution in [2.24, 2.45) is 0 Å². The van der Waals surface area contributed by atoms with Crippen LogP contribution in [0.3, 0.4) is 0 Å². The Labute approximate surface area is 259 Å². The summed E-state index contributed by atoms with van der Waals surface area (Å²) in [6.45, 7) is 4.24. The van der Waals surface area contributed by atoms with Gasteiger partial charge in [-0.15, -0.1) is 0 Å². The van der Waals surface area contributed by atoms with Gasteiger partial charge in [-0.3, -0.25) is 4.79 Å². The summed E-state index contributed by atoms with van der Waals surface area (Å²) in [6, 6.07) is 26.9. The minimum Gasteiger partial charge on any atom is -0.390 e. The maximum absolute atomic E-state index is 13.9. The lowest BCUT2D eigenvalue weighted by molar-refractivity contribution is -0.123. The fraction of sp³-hybridized carbons (Fsp3) is 0.265. The van der Waals surface area contributed by atoms with Gasteiger partial charge in [0.15, 0.2) is 0 Å². The van der Waals surface area contributed by atoms with Crippen LogP contribution in [-0.4, -0.2) is 29.7 Å². The first kappa shape index (κ1) is 30.1. The summed E-state index contributed by atoms with van der Waals surface area (Å²) in [4.78, 5) is 15.7. The largest absolute Gasteiger partial charge is 0.390 e. The van der Waals surface area contributed by atoms with Gasteiger partial charge in [-0.25, -0.2) is 8.78 Å². The number of fused-ring (bicyclic) bond motifs is 1. The van der Waals surface area contributed by atoms with Crippen LogP contribution in [0.15, 0.2) is 91.0 Å². The summed E-state index contributed by atoms with van der Waals surface area (Å²) in [7, 11) is 0. The van der Waals surface area contributed by atoms with Crippen molar-refractivity contribution in [3.8, 4) is 0 Å². The molecule has 3 N–H and O–H groups in total. The average molecular weight is 682 g/mol. The van der Waals surface area contributed by atoms with Gasteiger partial charge in [0.25, 0.3) is 0 Å². The van der Waals surface area contributed by atoms with Gasteiger partial charge >= 0.3 is 0 Å². The van der Waals surface area contributed by atoms with E-state index in [1.807, 2.05) is 55.5 Å². The van der Waals surface area contributed by atoms with E-state index in [9.17, 15) is 18.7 Å². The zero-order chi connectivity index (χ0) is 29.6. The van der Waals surface area contributed by atoms with Crippen LogP contribution in [0.1, 0.15) is 40.7 Å². The lowest BCUT2D eigenvalue weighted by Crippen LogP contribution is -2.49. The molecule has 1 heterocycles. The molecule has 0 saturated heterocycles. The first-order valence-corrected chi connectivity index (χ1v) is 15.1. The Hall–Kier alpha value is -3.34. The Morgan fingerprint density at radius 2 is 1.57 bits per heavy atom. The standard InChI is InChI=1S/C34H34F2IN3O2/c1-22(25-9-11-31(12-10-25)40-20-26-6-2-3-7-27(26)21-40)34(42)39-32(16-24-13-28(35)17-29(36)14-24)33(41)19-38-18-23-5-4-8-30(37)15-23/h2-15,17,22,32-33,38,41H,16,18-21H2,1H3,(H,39,42). The molecule has 0 saturated carbocycles. The number of nitrogens with zero attached hydrogens (tertiary/aromatic N) is 1. The zero-order valence-electron chi connectivity index (χ0n) is 23.4. The van der Waals surface area contributed by atoms with E-state index in [1.165, 1.54) is 23.3 Å². The van der Waals surface area contributed by atoms with Crippen molar-refractivity contribution in [3.05, 3.63) is 134 Å². The molecule has 1 aliphatic heterocycles. The van der Waals surface area contributed by atoms with Crippen molar-refractivity contribution in [2.75, 3.05) is 11.4 Å². The van der Waals surface area contributed by atoms with E-state index in [0.717, 1.165) is 39.5 Å². The van der Waals surface area contributed by atoms with Crippen LogP contribution in [0.25, 0.3) is 0 Å². The number of aliphatic hydroxyl groups excluding tert-OH is 1. The number of hydrogen-bond donors (Lipinski definition) is 3. The summed E-state index contributed by atoms with van der Waals surface area (Å²) in [6.07, 6.45) is -0.914. The molecule has 4 aromatic rings. The number of amides is 1. The smallest absolute Gasteiger partial charge is 0.227 e. The van der Waals surface area contributed by atoms with Gasteiger partial charge in [0.2, 0.25) is 5.91 Å². The Kier molecular flexibility index (Phi) is 9.87. The molecule has 5 rings (SSSR count). The summed E-state index contributed by atoms with van der Waals surface area (Å²) in [5.41, 5.74) is 6.00. The highest BCUT2D eigenvalue weighted by atomic mass is 127. The molecule has 42 heavy (non-hydrogen) atoms. The third kappa shape index (κ3) is 7.73. The molecular formula is C34H34F2IN3O2. The summed E-state index contributed by atoms with van der Waals surface area (Å²) < 4.78 is 29.0. The second-order valence-electron chi connectivity index (χ2n) is 10.9. The monoisotopic (exact) mass is 681 g/mol. The summed E-state index contributed by atoms with van der Waals surface area (Å²) >= 11 is 2.25. The molecule has 218 valence electrons. The average Bonchev–Trinajstić information content (AvgIpc) is 3.40. The van der Waals surface area contributed by atoms with Gasteiger partial charge in [-0.2, -0.15) is 0 Å². The number of rotatable bonds is 11. The molecule has 1 aliphatic rings. The van der Waals surface area contributed by atoms with Crippen LogP contribution in [0.4, 0.5) is 14.5 Å². The molecule has 4 aromatic carbocycles. The Bertz CT molecular complexity index is 1490. The fourth-order valence-electron chi connectivity index (χ4n) is 5.37. The van der Waals surface area contributed by atoms with Gasteiger partial charge < -0.3 is 20.6 Å². The Morgan fingerprint density at radius 1 is 0.905 bits per heavy atom. The van der Waals surface area contributed by atoms with Crippen molar-refractivity contribution >= 4 is 34.2 Å². The zero-order valence-corrected chi connectivity index (χ0v) is 25.5. The first-order valence-electron chi connectivity index (χ1n) is 14.1. The van der Waals surface area contributed by atoms with E-state index in [1.54, 1.807) is 0 Å². The first-order chi connectivity index (χ1) is 20.2. The third-order valence-corrected chi connectivity index (χ3v) is 8.41. The SMILES string of the molecule is CC(C(=O)NC(Cc1cc(F)cc(F)c1)C(O)CNCc1cccc(I)c1)c1ccc(N2Cc3ccccc3C2)cc1. The highest BCUT2D eigenvalue weighted by Crippen LogP contribution is 2.29. The van der Waals surface area contributed by atoms with Gasteiger partial charge in [0, 0.05) is 41.5 Å². The summed E-state index contributed by atoms with van der Waals surface area (Å²) in [5.74, 6) is -2.16. The van der Waals surface area contributed by atoms with Crippen LogP contribution in [0.2, 0.25) is 0 Å². The van der Waals surface area contributed by atoms with E-state index in [0.29, 0.717) is 12.1 Å². The van der Waals surface area contributed by atoms with E-state index < -0.39 is 29.7 Å². The van der Waals surface area contributed by atoms with E-state index in [-0.39, 0.29) is 18.9 Å². The van der Waals surface area contributed by atoms with Crippen LogP contribution in [0.5, 0.6) is 0 Å². The van der Waals surface area contributed by atoms with E-state index >= 15 is 0 Å². The number of aliphatic hydroxyl groups is 1. The lowest BCUT2D eigenvalue weighted by Gasteiger charge is -2.27. The maximum Gasteiger partial charge on any atom is 0.227 e. The molecule has 0 aromatic heterocycles. The fourth-order valence-corrected chi connectivity index (χ4v) is 5.98. The van der Waals surface area contributed by atoms with Crippen molar-refractivity contribution in [3.63, 3.8) is 0 Å². The maximum atomic E-state index is 13.9. The molecule has 5 nitrogen and oxygen atoms in total. The quantitative estimate of drug-likeness (QED) is 0.168. The predicted molar refractivity (Wildman–Crippen MR) is 170 cm³/mol. The number of anilines is 1.